The molecule has 2 aromatic heterocycles. The number of benzene rings is 1. The van der Waals surface area contributed by atoms with Crippen molar-refractivity contribution in [3.05, 3.63) is 54.2 Å². The highest BCUT2D eigenvalue weighted by Gasteiger charge is 2.23. The number of likely N-dealkylation sites (tertiary alicyclic amines) is 1. The van der Waals surface area contributed by atoms with E-state index in [1.807, 2.05) is 48.3 Å². The normalized spacial score (nSPS) is 18.5. The van der Waals surface area contributed by atoms with E-state index in [9.17, 15) is 0 Å². The molecule has 25 heavy (non-hydrogen) atoms. The molecular formula is C19H23N5O. The molecule has 1 saturated heterocycles. The van der Waals surface area contributed by atoms with Crippen molar-refractivity contribution < 1.29 is 4.52 Å². The molecule has 1 aliphatic heterocycles. The molecule has 0 saturated carbocycles. The van der Waals surface area contributed by atoms with E-state index in [2.05, 4.69) is 26.2 Å². The third-order valence-corrected chi connectivity index (χ3v) is 4.92. The molecule has 1 atom stereocenters. The molecule has 6 heteroatoms. The predicted molar refractivity (Wildman–Crippen MR) is 95.1 cm³/mol. The van der Waals surface area contributed by atoms with Crippen LogP contribution in [0.1, 0.15) is 30.3 Å². The van der Waals surface area contributed by atoms with Crippen molar-refractivity contribution >= 4 is 0 Å². The lowest BCUT2D eigenvalue weighted by Crippen LogP contribution is -2.36. The number of rotatable bonds is 5. The Kier molecular flexibility index (Phi) is 4.61. The third-order valence-electron chi connectivity index (χ3n) is 4.92. The van der Waals surface area contributed by atoms with E-state index in [1.54, 1.807) is 0 Å². The van der Waals surface area contributed by atoms with Crippen LogP contribution in [-0.4, -0.2) is 44.5 Å². The molecule has 1 fully saturated rings. The van der Waals surface area contributed by atoms with E-state index in [1.165, 1.54) is 18.5 Å². The maximum absolute atomic E-state index is 5.43. The summed E-state index contributed by atoms with van der Waals surface area (Å²) in [6, 6.07) is 12.1. The van der Waals surface area contributed by atoms with Crippen LogP contribution in [0, 0.1) is 0 Å². The lowest BCUT2D eigenvalue weighted by atomic mass is 9.94. The van der Waals surface area contributed by atoms with Crippen LogP contribution in [0.5, 0.6) is 0 Å². The molecule has 3 heterocycles. The molecule has 0 amide bonds. The van der Waals surface area contributed by atoms with Crippen LogP contribution in [0.4, 0.5) is 0 Å². The van der Waals surface area contributed by atoms with Gasteiger partial charge in [-0.3, -0.25) is 4.68 Å². The molecule has 6 nitrogen and oxygen atoms in total. The number of nitrogens with zero attached hydrogens (tertiary/aromatic N) is 5. The number of hydrogen-bond acceptors (Lipinski definition) is 5. The zero-order valence-corrected chi connectivity index (χ0v) is 14.5. The van der Waals surface area contributed by atoms with E-state index in [0.29, 0.717) is 17.6 Å². The Hall–Kier alpha value is -2.47. The molecule has 0 bridgehead atoms. The van der Waals surface area contributed by atoms with Crippen molar-refractivity contribution in [2.45, 2.75) is 25.2 Å². The average molecular weight is 337 g/mol. The lowest BCUT2D eigenvalue weighted by Gasteiger charge is -2.32. The van der Waals surface area contributed by atoms with E-state index in [-0.39, 0.29) is 0 Å². The van der Waals surface area contributed by atoms with E-state index >= 15 is 0 Å². The first-order chi connectivity index (χ1) is 12.3. The Labute approximate surface area is 147 Å². The number of aryl methyl sites for hydroxylation is 1. The van der Waals surface area contributed by atoms with Crippen LogP contribution in [0.3, 0.4) is 0 Å². The van der Waals surface area contributed by atoms with Gasteiger partial charge in [0.25, 0.3) is 0 Å². The smallest absolute Gasteiger partial charge is 0.228 e. The van der Waals surface area contributed by atoms with Crippen LogP contribution in [0.2, 0.25) is 0 Å². The highest BCUT2D eigenvalue weighted by molar-refractivity contribution is 5.53. The maximum Gasteiger partial charge on any atom is 0.228 e. The minimum atomic E-state index is 0.559. The molecule has 0 spiro atoms. The highest BCUT2D eigenvalue weighted by Crippen LogP contribution is 2.26. The summed E-state index contributed by atoms with van der Waals surface area (Å²) in [5.74, 6) is 1.94. The SMILES string of the molecule is Cn1nccc1C1CCCN(CCc2nc(-c3ccccc3)no2)C1. The fraction of sp³-hybridized carbons (Fsp3) is 0.421. The molecule has 130 valence electrons. The Morgan fingerprint density at radius 2 is 2.08 bits per heavy atom. The van der Waals surface area contributed by atoms with E-state index in [4.69, 9.17) is 4.52 Å². The molecule has 1 aromatic carbocycles. The fourth-order valence-corrected chi connectivity index (χ4v) is 3.60. The summed E-state index contributed by atoms with van der Waals surface area (Å²) in [6.07, 6.45) is 5.12. The molecule has 1 unspecified atom stereocenters. The van der Waals surface area contributed by atoms with Crippen LogP contribution in [0.15, 0.2) is 47.1 Å². The Morgan fingerprint density at radius 3 is 2.88 bits per heavy atom. The third kappa shape index (κ3) is 3.64. The summed E-state index contributed by atoms with van der Waals surface area (Å²) in [4.78, 5) is 7.02. The molecule has 3 aromatic rings. The summed E-state index contributed by atoms with van der Waals surface area (Å²) >= 11 is 0. The van der Waals surface area contributed by atoms with Crippen molar-refractivity contribution in [2.24, 2.45) is 7.05 Å². The summed E-state index contributed by atoms with van der Waals surface area (Å²) in [5, 5.41) is 8.41. The van der Waals surface area contributed by atoms with Gasteiger partial charge in [-0.2, -0.15) is 10.1 Å². The summed E-state index contributed by atoms with van der Waals surface area (Å²) in [6.45, 7) is 3.15. The van der Waals surface area contributed by atoms with Gasteiger partial charge in [0.05, 0.1) is 0 Å². The van der Waals surface area contributed by atoms with E-state index < -0.39 is 0 Å². The minimum absolute atomic E-state index is 0.559. The van der Waals surface area contributed by atoms with Crippen molar-refractivity contribution in [3.8, 4) is 11.4 Å². The standard InChI is InChI=1S/C19H23N5O/c1-23-17(9-11-20-23)16-8-5-12-24(14-16)13-10-18-21-19(22-25-18)15-6-3-2-4-7-15/h2-4,6-7,9,11,16H,5,8,10,12-14H2,1H3. The Bertz CT molecular complexity index is 810. The van der Waals surface area contributed by atoms with Crippen molar-refractivity contribution in [3.63, 3.8) is 0 Å². The highest BCUT2D eigenvalue weighted by atomic mass is 16.5. The second kappa shape index (κ2) is 7.19. The Balaban J connectivity index is 1.35. The zero-order chi connectivity index (χ0) is 17.1. The predicted octanol–water partition coefficient (Wildman–Crippen LogP) is 2.89. The van der Waals surface area contributed by atoms with Gasteiger partial charge in [-0.1, -0.05) is 35.5 Å². The first-order valence-corrected chi connectivity index (χ1v) is 8.88. The van der Waals surface area contributed by atoms with Gasteiger partial charge >= 0.3 is 0 Å². The Morgan fingerprint density at radius 1 is 1.20 bits per heavy atom. The number of piperidine rings is 1. The van der Waals surface area contributed by atoms with Crippen LogP contribution in [-0.2, 0) is 13.5 Å². The molecule has 0 N–H and O–H groups in total. The van der Waals surface area contributed by atoms with E-state index in [0.717, 1.165) is 31.6 Å². The van der Waals surface area contributed by atoms with Gasteiger partial charge in [0.1, 0.15) is 0 Å². The molecule has 0 radical (unpaired) electrons. The van der Waals surface area contributed by atoms with Gasteiger partial charge in [-0.05, 0) is 25.5 Å². The van der Waals surface area contributed by atoms with Gasteiger partial charge in [0.2, 0.25) is 11.7 Å². The van der Waals surface area contributed by atoms with Gasteiger partial charge in [0.15, 0.2) is 0 Å². The van der Waals surface area contributed by atoms with Crippen LogP contribution in [0.25, 0.3) is 11.4 Å². The summed E-state index contributed by atoms with van der Waals surface area (Å²) in [7, 11) is 2.03. The minimum Gasteiger partial charge on any atom is -0.339 e. The second-order valence-electron chi connectivity index (χ2n) is 6.65. The summed E-state index contributed by atoms with van der Waals surface area (Å²) < 4.78 is 7.42. The quantitative estimate of drug-likeness (QED) is 0.716. The molecule has 4 rings (SSSR count). The first-order valence-electron chi connectivity index (χ1n) is 8.88. The molecule has 0 aliphatic carbocycles. The van der Waals surface area contributed by atoms with Crippen molar-refractivity contribution in [1.82, 2.24) is 24.8 Å². The first kappa shape index (κ1) is 16.0. The topological polar surface area (TPSA) is 60.0 Å². The van der Waals surface area contributed by atoms with Crippen molar-refractivity contribution in [2.75, 3.05) is 19.6 Å². The van der Waals surface area contributed by atoms with Gasteiger partial charge in [-0.15, -0.1) is 0 Å². The lowest BCUT2D eigenvalue weighted by molar-refractivity contribution is 0.200. The molecule has 1 aliphatic rings. The number of aromatic nitrogens is 4. The monoisotopic (exact) mass is 337 g/mol. The van der Waals surface area contributed by atoms with Gasteiger partial charge in [0, 0.05) is 49.9 Å². The summed E-state index contributed by atoms with van der Waals surface area (Å²) in [5.41, 5.74) is 2.32. The van der Waals surface area contributed by atoms with Gasteiger partial charge < -0.3 is 9.42 Å². The zero-order valence-electron chi connectivity index (χ0n) is 14.5. The van der Waals surface area contributed by atoms with Gasteiger partial charge in [-0.25, -0.2) is 0 Å². The van der Waals surface area contributed by atoms with Crippen LogP contribution >= 0.6 is 0 Å². The second-order valence-corrected chi connectivity index (χ2v) is 6.65. The number of hydrogen-bond donors (Lipinski definition) is 0. The average Bonchev–Trinajstić information content (AvgIpc) is 3.30. The van der Waals surface area contributed by atoms with Crippen molar-refractivity contribution in [1.29, 1.82) is 0 Å². The van der Waals surface area contributed by atoms with Crippen LogP contribution < -0.4 is 0 Å². The fourth-order valence-electron chi connectivity index (χ4n) is 3.60. The largest absolute Gasteiger partial charge is 0.339 e. The maximum atomic E-state index is 5.43. The molecular weight excluding hydrogens is 314 g/mol.